The van der Waals surface area contributed by atoms with E-state index in [0.717, 1.165) is 0 Å². The third kappa shape index (κ3) is 3.55. The SMILES string of the molecule is C/C=C(\C)C(=O)O[C@@H]1[C@@H](C)[C@@]2(O)[C@@H](C=C(CO)C[C@]3(OC(=O)CCC)C(=O)C(C)=C[C@@H]23)[C@@H]2C(C)(C)[C@]12O. The summed E-state index contributed by atoms with van der Waals surface area (Å²) in [6.07, 6.45) is 4.53. The highest BCUT2D eigenvalue weighted by Crippen LogP contribution is 2.75. The van der Waals surface area contributed by atoms with Crippen LogP contribution < -0.4 is 0 Å². The fourth-order valence-corrected chi connectivity index (χ4v) is 7.51. The van der Waals surface area contributed by atoms with Crippen LogP contribution in [-0.2, 0) is 23.9 Å². The van der Waals surface area contributed by atoms with Crippen LogP contribution in [0.15, 0.2) is 34.9 Å². The van der Waals surface area contributed by atoms with Crippen LogP contribution in [0, 0.1) is 29.1 Å². The molecular formula is C29H40O8. The predicted molar refractivity (Wildman–Crippen MR) is 135 cm³/mol. The van der Waals surface area contributed by atoms with Crippen LogP contribution in [0.5, 0.6) is 0 Å². The maximum absolute atomic E-state index is 13.7. The number of rotatable bonds is 6. The molecule has 0 spiro atoms. The fraction of sp³-hybridized carbons (Fsp3) is 0.690. The lowest BCUT2D eigenvalue weighted by atomic mass is 9.59. The molecule has 4 rings (SSSR count). The predicted octanol–water partition coefficient (Wildman–Crippen LogP) is 2.80. The molecule has 0 aliphatic heterocycles. The third-order valence-electron chi connectivity index (χ3n) is 9.72. The monoisotopic (exact) mass is 516 g/mol. The van der Waals surface area contributed by atoms with Gasteiger partial charge in [-0.2, -0.15) is 0 Å². The summed E-state index contributed by atoms with van der Waals surface area (Å²) in [5, 5.41) is 35.0. The van der Waals surface area contributed by atoms with E-state index in [1.807, 2.05) is 20.8 Å². The van der Waals surface area contributed by atoms with Crippen molar-refractivity contribution < 1.29 is 39.2 Å². The molecule has 2 fully saturated rings. The topological polar surface area (TPSA) is 130 Å². The van der Waals surface area contributed by atoms with Crippen molar-refractivity contribution in [3.8, 4) is 0 Å². The summed E-state index contributed by atoms with van der Waals surface area (Å²) in [6.45, 7) is 11.8. The first-order valence-corrected chi connectivity index (χ1v) is 13.2. The maximum atomic E-state index is 13.7. The molecule has 0 heterocycles. The first kappa shape index (κ1) is 27.7. The molecule has 4 aliphatic rings. The number of ether oxygens (including phenoxy) is 2. The zero-order valence-corrected chi connectivity index (χ0v) is 22.8. The quantitative estimate of drug-likeness (QED) is 0.279. The highest BCUT2D eigenvalue weighted by Gasteiger charge is 2.85. The highest BCUT2D eigenvalue weighted by atomic mass is 16.6. The molecule has 37 heavy (non-hydrogen) atoms. The van der Waals surface area contributed by atoms with Gasteiger partial charge in [0.25, 0.3) is 0 Å². The van der Waals surface area contributed by atoms with E-state index >= 15 is 0 Å². The van der Waals surface area contributed by atoms with Crippen molar-refractivity contribution >= 4 is 17.7 Å². The van der Waals surface area contributed by atoms with Gasteiger partial charge in [-0.15, -0.1) is 0 Å². The van der Waals surface area contributed by atoms with E-state index in [4.69, 9.17) is 9.47 Å². The molecule has 2 saturated carbocycles. The Bertz CT molecular complexity index is 1110. The highest BCUT2D eigenvalue weighted by molar-refractivity contribution is 6.06. The minimum atomic E-state index is -1.73. The largest absolute Gasteiger partial charge is 0.456 e. The van der Waals surface area contributed by atoms with Gasteiger partial charge in [-0.3, -0.25) is 9.59 Å². The Morgan fingerprint density at radius 2 is 1.86 bits per heavy atom. The van der Waals surface area contributed by atoms with Gasteiger partial charge in [0, 0.05) is 41.6 Å². The lowest BCUT2D eigenvalue weighted by Gasteiger charge is -2.53. The zero-order valence-electron chi connectivity index (χ0n) is 22.8. The number of aliphatic hydroxyl groups excluding tert-OH is 1. The first-order chi connectivity index (χ1) is 17.2. The van der Waals surface area contributed by atoms with Crippen LogP contribution >= 0.6 is 0 Å². The average Bonchev–Trinajstić information content (AvgIpc) is 3.23. The number of fused-ring (bicyclic) bond motifs is 5. The number of esters is 2. The van der Waals surface area contributed by atoms with Crippen LogP contribution in [0.4, 0.5) is 0 Å². The molecule has 0 amide bonds. The lowest BCUT2D eigenvalue weighted by Crippen LogP contribution is -2.66. The first-order valence-electron chi connectivity index (χ1n) is 13.2. The van der Waals surface area contributed by atoms with E-state index in [2.05, 4.69) is 0 Å². The molecule has 0 bridgehead atoms. The van der Waals surface area contributed by atoms with E-state index in [-0.39, 0.29) is 12.8 Å². The normalized spacial score (nSPS) is 41.9. The number of carbonyl (C=O) groups is 3. The number of Topliss-reactive ketones (excluding diaryl/α,β-unsaturated/α-hetero) is 1. The smallest absolute Gasteiger partial charge is 0.333 e. The summed E-state index contributed by atoms with van der Waals surface area (Å²) in [4.78, 5) is 39.4. The summed E-state index contributed by atoms with van der Waals surface area (Å²) in [5.41, 5.74) is -4.43. The molecule has 4 aliphatic carbocycles. The standard InChI is InChI=1S/C29H40O8/c1-8-10-21(31)37-27-13-18(14-30)12-19-22-26(6,7)29(22,35)24(36-25(33)15(3)9-2)17(5)28(19,34)20(27)11-16(4)23(27)32/h9,11-12,17,19-20,22,24,30,34-35H,8,10,13-14H2,1-7H3/b15-9+/t17-,19+,20-,22-,24-,27-,28-,29-/m1/s1. The summed E-state index contributed by atoms with van der Waals surface area (Å²) >= 11 is 0. The number of allylic oxidation sites excluding steroid dienone is 1. The van der Waals surface area contributed by atoms with Crippen molar-refractivity contribution in [3.63, 3.8) is 0 Å². The van der Waals surface area contributed by atoms with Gasteiger partial charge in [-0.1, -0.05) is 45.9 Å². The van der Waals surface area contributed by atoms with Gasteiger partial charge in [-0.25, -0.2) is 4.79 Å². The molecule has 0 aromatic rings. The van der Waals surface area contributed by atoms with Gasteiger partial charge < -0.3 is 24.8 Å². The number of hydrogen-bond donors (Lipinski definition) is 3. The lowest BCUT2D eigenvalue weighted by molar-refractivity contribution is -0.224. The molecule has 0 saturated heterocycles. The Balaban J connectivity index is 1.92. The summed E-state index contributed by atoms with van der Waals surface area (Å²) in [7, 11) is 0. The van der Waals surface area contributed by atoms with E-state index in [9.17, 15) is 29.7 Å². The molecule has 8 nitrogen and oxygen atoms in total. The Labute approximate surface area is 218 Å². The summed E-state index contributed by atoms with van der Waals surface area (Å²) < 4.78 is 11.9. The second-order valence-corrected chi connectivity index (χ2v) is 12.0. The number of ketones is 1. The molecule has 204 valence electrons. The van der Waals surface area contributed by atoms with Gasteiger partial charge in [-0.05, 0) is 38.3 Å². The fourth-order valence-electron chi connectivity index (χ4n) is 7.51. The van der Waals surface area contributed by atoms with Crippen molar-refractivity contribution in [2.75, 3.05) is 6.61 Å². The van der Waals surface area contributed by atoms with Gasteiger partial charge in [0.2, 0.25) is 5.78 Å². The van der Waals surface area contributed by atoms with Gasteiger partial charge in [0.15, 0.2) is 5.60 Å². The molecule has 8 atom stereocenters. The van der Waals surface area contributed by atoms with Crippen LogP contribution in [0.25, 0.3) is 0 Å². The van der Waals surface area contributed by atoms with Crippen molar-refractivity contribution in [3.05, 3.63) is 34.9 Å². The Morgan fingerprint density at radius 1 is 1.22 bits per heavy atom. The second kappa shape index (κ2) is 8.89. The maximum Gasteiger partial charge on any atom is 0.333 e. The molecule has 0 unspecified atom stereocenters. The summed E-state index contributed by atoms with van der Waals surface area (Å²) in [6, 6.07) is 0. The average molecular weight is 517 g/mol. The van der Waals surface area contributed by atoms with E-state index in [1.165, 1.54) is 0 Å². The van der Waals surface area contributed by atoms with Crippen molar-refractivity contribution in [1.29, 1.82) is 0 Å². The van der Waals surface area contributed by atoms with Gasteiger partial charge in [0.1, 0.15) is 11.7 Å². The van der Waals surface area contributed by atoms with Crippen molar-refractivity contribution in [2.24, 2.45) is 29.1 Å². The molecule has 0 aromatic carbocycles. The van der Waals surface area contributed by atoms with E-state index in [0.29, 0.717) is 23.1 Å². The molecule has 0 radical (unpaired) electrons. The minimum absolute atomic E-state index is 0.0600. The van der Waals surface area contributed by atoms with Crippen molar-refractivity contribution in [2.45, 2.75) is 90.6 Å². The van der Waals surface area contributed by atoms with Crippen molar-refractivity contribution in [1.82, 2.24) is 0 Å². The number of hydrogen-bond acceptors (Lipinski definition) is 8. The van der Waals surface area contributed by atoms with Crippen LogP contribution in [0.3, 0.4) is 0 Å². The Hall–Kier alpha value is -2.29. The Morgan fingerprint density at radius 3 is 2.43 bits per heavy atom. The van der Waals surface area contributed by atoms with Gasteiger partial charge in [0.05, 0.1) is 18.1 Å². The molecular weight excluding hydrogens is 476 g/mol. The van der Waals surface area contributed by atoms with E-state index < -0.39 is 76.3 Å². The van der Waals surface area contributed by atoms with Gasteiger partial charge >= 0.3 is 11.9 Å². The van der Waals surface area contributed by atoms with Crippen LogP contribution in [0.1, 0.15) is 67.7 Å². The van der Waals surface area contributed by atoms with Crippen LogP contribution in [0.2, 0.25) is 0 Å². The third-order valence-corrected chi connectivity index (χ3v) is 9.72. The minimum Gasteiger partial charge on any atom is -0.456 e. The molecule has 0 aromatic heterocycles. The van der Waals surface area contributed by atoms with Crippen LogP contribution in [-0.4, -0.2) is 62.6 Å². The zero-order chi connectivity index (χ0) is 27.7. The second-order valence-electron chi connectivity index (χ2n) is 12.0. The van der Waals surface area contributed by atoms with E-state index in [1.54, 1.807) is 45.9 Å². The Kier molecular flexibility index (Phi) is 6.66. The summed E-state index contributed by atoms with van der Waals surface area (Å²) in [5.74, 6) is -4.57. The number of aliphatic hydroxyl groups is 3. The number of carbonyl (C=O) groups excluding carboxylic acids is 3. The molecule has 8 heteroatoms. The molecule has 3 N–H and O–H groups in total.